The molecule has 4 heterocycles. The molecule has 2 aliphatic rings. The maximum absolute atomic E-state index is 15.4. The summed E-state index contributed by atoms with van der Waals surface area (Å²) in [6.45, 7) is 7.71. The number of aliphatic hydroxyl groups is 1. The molecule has 2 amide bonds. The molecular weight excluding hydrogens is 793 g/mol. The van der Waals surface area contributed by atoms with Gasteiger partial charge in [0.15, 0.2) is 5.60 Å². The number of aliphatic hydroxyl groups excluding tert-OH is 1. The summed E-state index contributed by atoms with van der Waals surface area (Å²) in [4.78, 5) is 33.8. The van der Waals surface area contributed by atoms with Gasteiger partial charge in [-0.3, -0.25) is 14.3 Å². The van der Waals surface area contributed by atoms with Crippen molar-refractivity contribution in [3.8, 4) is 5.75 Å². The summed E-state index contributed by atoms with van der Waals surface area (Å²) in [5, 5.41) is 24.7. The molecular formula is C50H52N6O5Si. The van der Waals surface area contributed by atoms with Crippen LogP contribution in [0.3, 0.4) is 0 Å². The van der Waals surface area contributed by atoms with E-state index in [0.29, 0.717) is 30.9 Å². The number of H-pyrrole nitrogens is 1. The Hall–Kier alpha value is -6.34. The van der Waals surface area contributed by atoms with Crippen LogP contribution in [0.2, 0.25) is 18.6 Å². The van der Waals surface area contributed by atoms with Crippen LogP contribution in [-0.2, 0) is 39.4 Å². The van der Waals surface area contributed by atoms with Crippen LogP contribution in [0.4, 0.5) is 11.4 Å². The Kier molecular flexibility index (Phi) is 11.1. The number of amides is 2. The number of nitrogens with one attached hydrogen (secondary N) is 2. The number of ether oxygens (including phenoxy) is 2. The van der Waals surface area contributed by atoms with Crippen LogP contribution in [0.5, 0.6) is 5.75 Å². The second kappa shape index (κ2) is 16.8. The third kappa shape index (κ3) is 7.41. The number of aromatic nitrogens is 4. The number of hydrogen-bond acceptors (Lipinski definition) is 7. The first-order valence-electron chi connectivity index (χ1n) is 21.3. The summed E-state index contributed by atoms with van der Waals surface area (Å²) in [7, 11) is -0.707. The van der Waals surface area contributed by atoms with Crippen molar-refractivity contribution in [1.82, 2.24) is 20.0 Å². The lowest BCUT2D eigenvalue weighted by Gasteiger charge is -2.37. The minimum Gasteiger partial charge on any atom is -0.497 e. The predicted octanol–water partition coefficient (Wildman–Crippen LogP) is 7.93. The molecule has 2 aliphatic heterocycles. The van der Waals surface area contributed by atoms with Gasteiger partial charge in [0.2, 0.25) is 5.91 Å². The predicted molar refractivity (Wildman–Crippen MR) is 244 cm³/mol. The van der Waals surface area contributed by atoms with Crippen molar-refractivity contribution in [3.63, 3.8) is 0 Å². The molecule has 0 aliphatic carbocycles. The number of carbonyl (C=O) groups excluding carboxylic acids is 2. The van der Waals surface area contributed by atoms with Crippen LogP contribution >= 0.6 is 0 Å². The van der Waals surface area contributed by atoms with Crippen LogP contribution in [0.25, 0.3) is 10.9 Å². The van der Waals surface area contributed by atoms with Gasteiger partial charge < -0.3 is 29.8 Å². The highest BCUT2D eigenvalue weighted by molar-refractivity contribution is 6.91. The summed E-state index contributed by atoms with van der Waals surface area (Å²) >= 11 is 0. The molecule has 1 saturated heterocycles. The Morgan fingerprint density at radius 2 is 1.73 bits per heavy atom. The number of para-hydroxylation sites is 2. The van der Waals surface area contributed by atoms with E-state index in [4.69, 9.17) is 9.47 Å². The molecule has 316 valence electrons. The van der Waals surface area contributed by atoms with Crippen molar-refractivity contribution in [2.24, 2.45) is 5.92 Å². The number of fused-ring (bicyclic) bond motifs is 3. The second-order valence-electron chi connectivity index (χ2n) is 17.2. The Labute approximate surface area is 362 Å². The largest absolute Gasteiger partial charge is 0.497 e. The fourth-order valence-electron chi connectivity index (χ4n) is 10.2. The topological polar surface area (TPSA) is 135 Å². The molecule has 5 aromatic carbocycles. The van der Waals surface area contributed by atoms with Gasteiger partial charge in [-0.1, -0.05) is 121 Å². The first kappa shape index (κ1) is 41.0. The molecule has 3 N–H and O–H groups in total. The normalized spacial score (nSPS) is 20.2. The van der Waals surface area contributed by atoms with Crippen LogP contribution in [-0.4, -0.2) is 64.8 Å². The highest BCUT2D eigenvalue weighted by Crippen LogP contribution is 2.60. The smallest absolute Gasteiger partial charge is 0.264 e. The fourth-order valence-corrected chi connectivity index (χ4v) is 14.2. The number of anilines is 2. The third-order valence-corrected chi connectivity index (χ3v) is 17.6. The summed E-state index contributed by atoms with van der Waals surface area (Å²) in [6.07, 6.45) is 4.37. The van der Waals surface area contributed by atoms with Gasteiger partial charge in [0.25, 0.3) is 5.91 Å². The van der Waals surface area contributed by atoms with Gasteiger partial charge in [0, 0.05) is 47.0 Å². The van der Waals surface area contributed by atoms with Gasteiger partial charge in [-0.15, -0.1) is 5.10 Å². The Morgan fingerprint density at radius 1 is 0.968 bits per heavy atom. The maximum atomic E-state index is 15.4. The van der Waals surface area contributed by atoms with E-state index >= 15 is 4.79 Å². The lowest BCUT2D eigenvalue weighted by molar-refractivity contribution is -0.146. The number of rotatable bonds is 14. The number of hydrogen-bond donors (Lipinski definition) is 3. The lowest BCUT2D eigenvalue weighted by atomic mass is 9.82. The Balaban J connectivity index is 0.997. The molecule has 5 atom stereocenters. The monoisotopic (exact) mass is 844 g/mol. The lowest BCUT2D eigenvalue weighted by Crippen LogP contribution is -2.51. The van der Waals surface area contributed by atoms with Crippen LogP contribution in [0, 0.1) is 5.92 Å². The van der Waals surface area contributed by atoms with E-state index in [2.05, 4.69) is 58.8 Å². The molecule has 2 aromatic heterocycles. The zero-order valence-electron chi connectivity index (χ0n) is 35.5. The van der Waals surface area contributed by atoms with Gasteiger partial charge in [-0.05, 0) is 65.1 Å². The summed E-state index contributed by atoms with van der Waals surface area (Å²) in [6, 6.07) is 42.0. The Morgan fingerprint density at radius 3 is 2.52 bits per heavy atom. The number of nitrogens with zero attached hydrogens (tertiary/aromatic N) is 4. The minimum absolute atomic E-state index is 0.0426. The first-order chi connectivity index (χ1) is 30.1. The van der Waals surface area contributed by atoms with E-state index in [1.165, 1.54) is 5.19 Å². The number of benzene rings is 5. The zero-order chi connectivity index (χ0) is 43.0. The van der Waals surface area contributed by atoms with Crippen LogP contribution in [0.15, 0.2) is 140 Å². The van der Waals surface area contributed by atoms with Gasteiger partial charge in [-0.2, -0.15) is 0 Å². The number of aryl methyl sites for hydroxylation is 1. The molecule has 7 aromatic rings. The van der Waals surface area contributed by atoms with Crippen molar-refractivity contribution in [3.05, 3.63) is 168 Å². The molecule has 1 spiro atoms. The average Bonchev–Trinajstić information content (AvgIpc) is 4.05. The van der Waals surface area contributed by atoms with Crippen LogP contribution < -0.4 is 20.1 Å². The number of methoxy groups -OCH3 is 1. The van der Waals surface area contributed by atoms with E-state index in [1.54, 1.807) is 7.11 Å². The van der Waals surface area contributed by atoms with Crippen molar-refractivity contribution >= 4 is 47.4 Å². The summed E-state index contributed by atoms with van der Waals surface area (Å²) in [5.74, 6) is 0.145. The molecule has 12 heteroatoms. The maximum Gasteiger partial charge on any atom is 0.264 e. The van der Waals surface area contributed by atoms with Crippen molar-refractivity contribution < 1.29 is 24.2 Å². The van der Waals surface area contributed by atoms with Crippen molar-refractivity contribution in [2.45, 2.75) is 69.1 Å². The van der Waals surface area contributed by atoms with Gasteiger partial charge in [0.05, 0.1) is 58.2 Å². The third-order valence-electron chi connectivity index (χ3n) is 13.3. The van der Waals surface area contributed by atoms with E-state index in [1.807, 2.05) is 131 Å². The standard InChI is InChI=1S/C50H52N6O5Si/c1-33-48(62(3,4)39-23-21-38(60-2)22-24-39)46(25-26-55-31-44(53-54-55)41(32-57)35-14-6-5-7-15-35)61-50(33)42-18-9-11-20-45(42)56(49(50)59)30-34-13-12-16-37(27-34)52-47(58)28-36-29-51-43-19-10-8-17-40(36)43/h5-24,27,29,31,33,41,46,48,51,57H,25-26,28,30,32H2,1-4H3,(H,52,58)/t33-,41?,46+,48-,50+/m1/s1. The SMILES string of the molecule is COc1ccc([Si](C)(C)[C@H]2[C@H](CCn3cc(C(CO)c4ccccc4)nn3)O[C@@]3(C(=O)N(Cc4cccc(NC(=O)Cc5c[nH]c6ccccc56)c4)c4ccccc43)[C@@H]2C)cc1. The molecule has 9 rings (SSSR count). The van der Waals surface area contributed by atoms with E-state index in [0.717, 1.165) is 44.6 Å². The molecule has 1 unspecified atom stereocenters. The van der Waals surface area contributed by atoms with Crippen LogP contribution in [0.1, 0.15) is 47.2 Å². The van der Waals surface area contributed by atoms with E-state index in [9.17, 15) is 9.90 Å². The molecule has 0 radical (unpaired) electrons. The number of aromatic amines is 1. The van der Waals surface area contributed by atoms with Gasteiger partial charge in [-0.25, -0.2) is 0 Å². The van der Waals surface area contributed by atoms with Crippen molar-refractivity contribution in [1.29, 1.82) is 0 Å². The number of carbonyl (C=O) groups is 2. The fraction of sp³-hybridized carbons (Fsp3) is 0.280. The van der Waals surface area contributed by atoms with Crippen molar-refractivity contribution in [2.75, 3.05) is 23.9 Å². The molecule has 11 nitrogen and oxygen atoms in total. The first-order valence-corrected chi connectivity index (χ1v) is 24.4. The minimum atomic E-state index is -2.38. The highest BCUT2D eigenvalue weighted by Gasteiger charge is 2.66. The second-order valence-corrected chi connectivity index (χ2v) is 21.9. The average molecular weight is 845 g/mol. The van der Waals surface area contributed by atoms with Gasteiger partial charge >= 0.3 is 0 Å². The molecule has 0 saturated carbocycles. The highest BCUT2D eigenvalue weighted by atomic mass is 28.3. The van der Waals surface area contributed by atoms with Gasteiger partial charge in [0.1, 0.15) is 5.75 Å². The quantitative estimate of drug-likeness (QED) is 0.0948. The summed E-state index contributed by atoms with van der Waals surface area (Å²) in [5.41, 5.74) is 5.71. The molecule has 62 heavy (non-hydrogen) atoms. The van der Waals surface area contributed by atoms with E-state index in [-0.39, 0.29) is 48.3 Å². The summed E-state index contributed by atoms with van der Waals surface area (Å²) < 4.78 is 14.7. The molecule has 1 fully saturated rings. The Bertz CT molecular complexity index is 2720. The molecule has 0 bridgehead atoms. The van der Waals surface area contributed by atoms with E-state index < -0.39 is 13.7 Å². The zero-order valence-corrected chi connectivity index (χ0v) is 36.5.